The molecule has 1 aliphatic heterocycles. The Hall–Kier alpha value is -0.540. The fraction of sp³-hybridized carbons (Fsp3) is 0.571. The topological polar surface area (TPSA) is 58.2 Å². The number of nitrogens with one attached hydrogen (secondary N) is 2. The monoisotopic (exact) mass is 406 g/mol. The summed E-state index contributed by atoms with van der Waals surface area (Å²) >= 11 is 5.51. The molecule has 138 valence electrons. The standard InChI is InChI=1S/C14H18ClF3N2O2S.ClH/c1-13(4-6-19-7-5-13)9-20-23(21,22)10-2-3-12(15)11(8-10)14(16,17)18;/h2-3,8,19-20H,4-7,9H2,1H3;1H. The third kappa shape index (κ3) is 5.23. The number of piperidine rings is 1. The van der Waals surface area contributed by atoms with Crippen molar-refractivity contribution < 1.29 is 21.6 Å². The summed E-state index contributed by atoms with van der Waals surface area (Å²) in [6.45, 7) is 3.72. The normalized spacial score (nSPS) is 18.0. The van der Waals surface area contributed by atoms with Gasteiger partial charge < -0.3 is 5.32 Å². The second kappa shape index (κ2) is 7.78. The average Bonchev–Trinajstić information content (AvgIpc) is 2.45. The molecule has 2 N–H and O–H groups in total. The van der Waals surface area contributed by atoms with E-state index in [4.69, 9.17) is 11.6 Å². The van der Waals surface area contributed by atoms with Gasteiger partial charge in [0.05, 0.1) is 15.5 Å². The lowest BCUT2D eigenvalue weighted by atomic mass is 9.81. The van der Waals surface area contributed by atoms with Crippen molar-refractivity contribution in [3.05, 3.63) is 28.8 Å². The number of hydrogen-bond donors (Lipinski definition) is 2. The first-order valence-corrected chi connectivity index (χ1v) is 8.97. The Balaban J connectivity index is 0.00000288. The number of hydrogen-bond acceptors (Lipinski definition) is 3. The molecule has 0 spiro atoms. The van der Waals surface area contributed by atoms with E-state index in [1.54, 1.807) is 0 Å². The number of sulfonamides is 1. The Morgan fingerprint density at radius 1 is 1.29 bits per heavy atom. The Labute approximate surface area is 150 Å². The van der Waals surface area contributed by atoms with Crippen molar-refractivity contribution in [2.75, 3.05) is 19.6 Å². The molecule has 4 nitrogen and oxygen atoms in total. The molecular weight excluding hydrogens is 388 g/mol. The van der Waals surface area contributed by atoms with Gasteiger partial charge in [0.2, 0.25) is 10.0 Å². The van der Waals surface area contributed by atoms with Crippen molar-refractivity contribution in [2.24, 2.45) is 5.41 Å². The minimum atomic E-state index is -4.70. The third-order valence-electron chi connectivity index (χ3n) is 4.05. The van der Waals surface area contributed by atoms with Gasteiger partial charge >= 0.3 is 6.18 Å². The van der Waals surface area contributed by atoms with Crippen LogP contribution in [0.1, 0.15) is 25.3 Å². The van der Waals surface area contributed by atoms with Crippen LogP contribution in [0.3, 0.4) is 0 Å². The van der Waals surface area contributed by atoms with E-state index in [0.29, 0.717) is 6.07 Å². The van der Waals surface area contributed by atoms with E-state index in [1.165, 1.54) is 0 Å². The van der Waals surface area contributed by atoms with Gasteiger partial charge in [-0.2, -0.15) is 13.2 Å². The summed E-state index contributed by atoms with van der Waals surface area (Å²) in [7, 11) is -4.03. The maximum Gasteiger partial charge on any atom is 0.417 e. The lowest BCUT2D eigenvalue weighted by Crippen LogP contribution is -2.42. The van der Waals surface area contributed by atoms with Gasteiger partial charge in [-0.15, -0.1) is 12.4 Å². The first-order valence-electron chi connectivity index (χ1n) is 7.11. The maximum atomic E-state index is 12.8. The highest BCUT2D eigenvalue weighted by atomic mass is 35.5. The summed E-state index contributed by atoms with van der Waals surface area (Å²) in [5, 5.41) is 2.66. The Morgan fingerprint density at radius 2 is 1.88 bits per heavy atom. The largest absolute Gasteiger partial charge is 0.417 e. The summed E-state index contributed by atoms with van der Waals surface area (Å²) in [5.74, 6) is 0. The van der Waals surface area contributed by atoms with Crippen molar-refractivity contribution in [3.8, 4) is 0 Å². The fourth-order valence-electron chi connectivity index (χ4n) is 2.45. The molecule has 0 saturated carbocycles. The quantitative estimate of drug-likeness (QED) is 0.804. The van der Waals surface area contributed by atoms with Gasteiger partial charge in [0.25, 0.3) is 0 Å². The Morgan fingerprint density at radius 3 is 2.42 bits per heavy atom. The van der Waals surface area contributed by atoms with E-state index in [9.17, 15) is 21.6 Å². The molecule has 0 bridgehead atoms. The molecule has 0 aromatic heterocycles. The molecule has 0 atom stereocenters. The molecule has 1 aromatic rings. The predicted octanol–water partition coefficient (Wildman–Crippen LogP) is 3.45. The first kappa shape index (κ1) is 21.5. The van der Waals surface area contributed by atoms with Gasteiger partial charge in [0.15, 0.2) is 0 Å². The second-order valence-corrected chi connectivity index (χ2v) is 8.20. The zero-order valence-corrected chi connectivity index (χ0v) is 15.3. The molecule has 0 aliphatic carbocycles. The molecule has 10 heteroatoms. The van der Waals surface area contributed by atoms with E-state index >= 15 is 0 Å². The van der Waals surface area contributed by atoms with Crippen LogP contribution in [0, 0.1) is 5.41 Å². The van der Waals surface area contributed by atoms with Crippen LogP contribution in [-0.4, -0.2) is 28.1 Å². The molecule has 1 fully saturated rings. The number of halogens is 5. The van der Waals surface area contributed by atoms with Gasteiger partial charge in [-0.25, -0.2) is 13.1 Å². The molecule has 0 radical (unpaired) electrons. The van der Waals surface area contributed by atoms with Crippen molar-refractivity contribution in [1.82, 2.24) is 10.0 Å². The highest BCUT2D eigenvalue weighted by molar-refractivity contribution is 7.89. The zero-order chi connectivity index (χ0) is 17.3. The summed E-state index contributed by atoms with van der Waals surface area (Å²) in [5.41, 5.74) is -1.37. The minimum Gasteiger partial charge on any atom is -0.317 e. The van der Waals surface area contributed by atoms with Crippen LogP contribution in [0.4, 0.5) is 13.2 Å². The average molecular weight is 407 g/mol. The Kier molecular flexibility index (Phi) is 6.97. The molecule has 1 aromatic carbocycles. The summed E-state index contributed by atoms with van der Waals surface area (Å²) in [6.07, 6.45) is -3.11. The summed E-state index contributed by atoms with van der Waals surface area (Å²) in [6, 6.07) is 2.59. The van der Waals surface area contributed by atoms with E-state index in [1.807, 2.05) is 6.92 Å². The van der Waals surface area contributed by atoms with Crippen LogP contribution < -0.4 is 10.0 Å². The van der Waals surface area contributed by atoms with Crippen LogP contribution in [0.25, 0.3) is 0 Å². The number of rotatable bonds is 4. The van der Waals surface area contributed by atoms with E-state index in [-0.39, 0.29) is 24.4 Å². The maximum absolute atomic E-state index is 12.8. The van der Waals surface area contributed by atoms with Crippen molar-refractivity contribution in [2.45, 2.75) is 30.8 Å². The first-order chi connectivity index (χ1) is 10.5. The molecule has 24 heavy (non-hydrogen) atoms. The van der Waals surface area contributed by atoms with E-state index in [0.717, 1.165) is 38.1 Å². The molecule has 0 unspecified atom stereocenters. The summed E-state index contributed by atoms with van der Waals surface area (Å²) in [4.78, 5) is -0.438. The summed E-state index contributed by atoms with van der Waals surface area (Å²) < 4.78 is 65.5. The highest BCUT2D eigenvalue weighted by Gasteiger charge is 2.35. The van der Waals surface area contributed by atoms with Gasteiger partial charge in [-0.1, -0.05) is 18.5 Å². The zero-order valence-electron chi connectivity index (χ0n) is 12.9. The molecular formula is C14H19Cl2F3N2O2S. The third-order valence-corrected chi connectivity index (χ3v) is 5.78. The van der Waals surface area contributed by atoms with Crippen LogP contribution in [0.15, 0.2) is 23.1 Å². The van der Waals surface area contributed by atoms with E-state index < -0.39 is 31.7 Å². The lowest BCUT2D eigenvalue weighted by molar-refractivity contribution is -0.137. The molecule has 1 saturated heterocycles. The minimum absolute atomic E-state index is 0. The smallest absolute Gasteiger partial charge is 0.317 e. The van der Waals surface area contributed by atoms with E-state index in [2.05, 4.69) is 10.0 Å². The van der Waals surface area contributed by atoms with Gasteiger partial charge in [-0.05, 0) is 49.5 Å². The van der Waals surface area contributed by atoms with Crippen LogP contribution in [-0.2, 0) is 16.2 Å². The van der Waals surface area contributed by atoms with Crippen molar-refractivity contribution >= 4 is 34.0 Å². The van der Waals surface area contributed by atoms with Crippen LogP contribution >= 0.6 is 24.0 Å². The van der Waals surface area contributed by atoms with Crippen LogP contribution in [0.2, 0.25) is 5.02 Å². The number of benzene rings is 1. The molecule has 1 aliphatic rings. The van der Waals surface area contributed by atoms with Gasteiger partial charge in [0.1, 0.15) is 0 Å². The fourth-order valence-corrected chi connectivity index (χ4v) is 3.90. The van der Waals surface area contributed by atoms with Gasteiger partial charge in [0, 0.05) is 6.54 Å². The second-order valence-electron chi connectivity index (χ2n) is 6.02. The highest BCUT2D eigenvalue weighted by Crippen LogP contribution is 2.36. The molecule has 1 heterocycles. The predicted molar refractivity (Wildman–Crippen MR) is 89.1 cm³/mol. The van der Waals surface area contributed by atoms with Crippen molar-refractivity contribution in [3.63, 3.8) is 0 Å². The Bertz CT molecular complexity index is 675. The lowest BCUT2D eigenvalue weighted by Gasteiger charge is -2.34. The van der Waals surface area contributed by atoms with Crippen molar-refractivity contribution in [1.29, 1.82) is 0 Å². The van der Waals surface area contributed by atoms with Gasteiger partial charge in [-0.3, -0.25) is 0 Å². The molecule has 2 rings (SSSR count). The SMILES string of the molecule is CC1(CNS(=O)(=O)c2ccc(Cl)c(C(F)(F)F)c2)CCNCC1.Cl. The molecule has 0 amide bonds. The number of alkyl halides is 3. The van der Waals surface area contributed by atoms with Crippen LogP contribution in [0.5, 0.6) is 0 Å².